The van der Waals surface area contributed by atoms with Crippen LogP contribution in [0.4, 0.5) is 5.69 Å². The molecule has 0 aliphatic carbocycles. The molecule has 2 aromatic rings. The van der Waals surface area contributed by atoms with Gasteiger partial charge in [-0.3, -0.25) is 0 Å². The normalized spacial score (nSPS) is 11.6. The number of nitrogens with zero attached hydrogens (tertiary/aromatic N) is 2. The van der Waals surface area contributed by atoms with Gasteiger partial charge in [0.05, 0.1) is 5.75 Å². The SMILES string of the molecule is CC(C)CSCc1noc(/C=C/c2cccc(N)c2)n1. The second-order valence-corrected chi connectivity index (χ2v) is 5.99. The number of hydrogen-bond acceptors (Lipinski definition) is 5. The second-order valence-electron chi connectivity index (χ2n) is 4.96. The van der Waals surface area contributed by atoms with Gasteiger partial charge in [0.15, 0.2) is 5.82 Å². The summed E-state index contributed by atoms with van der Waals surface area (Å²) in [6.07, 6.45) is 3.72. The van der Waals surface area contributed by atoms with Gasteiger partial charge in [-0.05, 0) is 35.4 Å². The largest absolute Gasteiger partial charge is 0.399 e. The van der Waals surface area contributed by atoms with Gasteiger partial charge in [-0.15, -0.1) is 0 Å². The van der Waals surface area contributed by atoms with E-state index in [1.807, 2.05) is 42.1 Å². The fourth-order valence-electron chi connectivity index (χ4n) is 1.61. The van der Waals surface area contributed by atoms with E-state index in [1.54, 1.807) is 6.08 Å². The van der Waals surface area contributed by atoms with E-state index in [-0.39, 0.29) is 0 Å². The summed E-state index contributed by atoms with van der Waals surface area (Å²) in [6.45, 7) is 4.39. The average Bonchev–Trinajstić information content (AvgIpc) is 2.84. The van der Waals surface area contributed by atoms with Crippen LogP contribution < -0.4 is 5.73 Å². The Morgan fingerprint density at radius 3 is 2.95 bits per heavy atom. The van der Waals surface area contributed by atoms with Crippen LogP contribution in [0.5, 0.6) is 0 Å². The highest BCUT2D eigenvalue weighted by Crippen LogP contribution is 2.14. The lowest BCUT2D eigenvalue weighted by Gasteiger charge is -2.00. The van der Waals surface area contributed by atoms with Gasteiger partial charge >= 0.3 is 0 Å². The molecule has 2 N–H and O–H groups in total. The Balaban J connectivity index is 1.92. The Kier molecular flexibility index (Phi) is 5.24. The van der Waals surface area contributed by atoms with Crippen molar-refractivity contribution in [2.24, 2.45) is 5.92 Å². The molecule has 0 atom stereocenters. The first-order valence-electron chi connectivity index (χ1n) is 6.57. The zero-order valence-electron chi connectivity index (χ0n) is 11.7. The van der Waals surface area contributed by atoms with Crippen molar-refractivity contribution in [3.8, 4) is 0 Å². The van der Waals surface area contributed by atoms with Crippen LogP contribution in [-0.2, 0) is 5.75 Å². The predicted molar refractivity (Wildman–Crippen MR) is 85.1 cm³/mol. The van der Waals surface area contributed by atoms with Crippen molar-refractivity contribution in [3.63, 3.8) is 0 Å². The number of anilines is 1. The summed E-state index contributed by atoms with van der Waals surface area (Å²) in [7, 11) is 0. The first-order chi connectivity index (χ1) is 9.63. The molecule has 0 aliphatic heterocycles. The third-order valence-corrected chi connectivity index (χ3v) is 3.86. The Bertz CT molecular complexity index is 578. The predicted octanol–water partition coefficient (Wildman–Crippen LogP) is 3.71. The first-order valence-corrected chi connectivity index (χ1v) is 7.73. The zero-order valence-corrected chi connectivity index (χ0v) is 12.6. The fraction of sp³-hybridized carbons (Fsp3) is 0.333. The van der Waals surface area contributed by atoms with Crippen LogP contribution >= 0.6 is 11.8 Å². The molecule has 2 rings (SSSR count). The third-order valence-electron chi connectivity index (χ3n) is 2.50. The molecule has 0 saturated heterocycles. The van der Waals surface area contributed by atoms with Crippen LogP contribution in [0.3, 0.4) is 0 Å². The minimum atomic E-state index is 0.521. The minimum Gasteiger partial charge on any atom is -0.399 e. The molecule has 0 spiro atoms. The fourth-order valence-corrected chi connectivity index (χ4v) is 2.50. The number of nitrogen functional groups attached to an aromatic ring is 1. The molecule has 0 radical (unpaired) electrons. The molecule has 0 fully saturated rings. The van der Waals surface area contributed by atoms with Crippen LogP contribution in [0.25, 0.3) is 12.2 Å². The van der Waals surface area contributed by atoms with Crippen molar-refractivity contribution in [1.29, 1.82) is 0 Å². The van der Waals surface area contributed by atoms with E-state index >= 15 is 0 Å². The standard InChI is InChI=1S/C15H19N3OS/c1-11(2)9-20-10-14-17-15(19-18-14)7-6-12-4-3-5-13(16)8-12/h3-8,11H,9-10,16H2,1-2H3/b7-6+. The van der Waals surface area contributed by atoms with Gasteiger partial charge in [0.1, 0.15) is 0 Å². The van der Waals surface area contributed by atoms with Crippen LogP contribution in [0, 0.1) is 5.92 Å². The number of aromatic nitrogens is 2. The molecule has 0 amide bonds. The maximum atomic E-state index is 5.72. The topological polar surface area (TPSA) is 64.9 Å². The number of thioether (sulfide) groups is 1. The van der Waals surface area contributed by atoms with Gasteiger partial charge in [0.2, 0.25) is 0 Å². The molecule has 0 unspecified atom stereocenters. The number of benzene rings is 1. The monoisotopic (exact) mass is 289 g/mol. The zero-order chi connectivity index (χ0) is 14.4. The van der Waals surface area contributed by atoms with Crippen LogP contribution in [0.1, 0.15) is 31.1 Å². The summed E-state index contributed by atoms with van der Waals surface area (Å²) in [6, 6.07) is 7.64. The summed E-state index contributed by atoms with van der Waals surface area (Å²) in [5.41, 5.74) is 7.48. The van der Waals surface area contributed by atoms with Crippen LogP contribution in [-0.4, -0.2) is 15.9 Å². The van der Waals surface area contributed by atoms with Crippen molar-refractivity contribution in [2.45, 2.75) is 19.6 Å². The summed E-state index contributed by atoms with van der Waals surface area (Å²) >= 11 is 1.82. The van der Waals surface area contributed by atoms with E-state index in [0.29, 0.717) is 11.8 Å². The van der Waals surface area contributed by atoms with Gasteiger partial charge in [-0.1, -0.05) is 31.1 Å². The molecule has 20 heavy (non-hydrogen) atoms. The highest BCUT2D eigenvalue weighted by atomic mass is 32.2. The Morgan fingerprint density at radius 2 is 2.20 bits per heavy atom. The molecule has 1 aromatic heterocycles. The van der Waals surface area contributed by atoms with Crippen molar-refractivity contribution >= 4 is 29.6 Å². The summed E-state index contributed by atoms with van der Waals surface area (Å²) in [4.78, 5) is 4.33. The Hall–Kier alpha value is -1.75. The molecular weight excluding hydrogens is 270 g/mol. The number of hydrogen-bond donors (Lipinski definition) is 1. The highest BCUT2D eigenvalue weighted by molar-refractivity contribution is 7.98. The van der Waals surface area contributed by atoms with Gasteiger partial charge in [0.25, 0.3) is 5.89 Å². The average molecular weight is 289 g/mol. The second kappa shape index (κ2) is 7.14. The van der Waals surface area contributed by atoms with Crippen molar-refractivity contribution < 1.29 is 4.52 Å². The number of nitrogens with two attached hydrogens (primary N) is 1. The van der Waals surface area contributed by atoms with Gasteiger partial charge in [0, 0.05) is 11.8 Å². The summed E-state index contributed by atoms with van der Waals surface area (Å²) in [5, 5.41) is 3.96. The van der Waals surface area contributed by atoms with Crippen LogP contribution in [0.15, 0.2) is 28.8 Å². The Morgan fingerprint density at radius 1 is 1.35 bits per heavy atom. The lowest BCUT2D eigenvalue weighted by atomic mass is 10.2. The smallest absolute Gasteiger partial charge is 0.250 e. The summed E-state index contributed by atoms with van der Waals surface area (Å²) < 4.78 is 5.18. The van der Waals surface area contributed by atoms with Crippen molar-refractivity contribution in [1.82, 2.24) is 10.1 Å². The van der Waals surface area contributed by atoms with E-state index < -0.39 is 0 Å². The van der Waals surface area contributed by atoms with Gasteiger partial charge in [-0.25, -0.2) is 0 Å². The lowest BCUT2D eigenvalue weighted by molar-refractivity contribution is 0.405. The van der Waals surface area contributed by atoms with E-state index in [4.69, 9.17) is 10.3 Å². The molecule has 5 heteroatoms. The van der Waals surface area contributed by atoms with E-state index in [9.17, 15) is 0 Å². The van der Waals surface area contributed by atoms with Crippen molar-refractivity contribution in [2.75, 3.05) is 11.5 Å². The molecule has 0 saturated carbocycles. The minimum absolute atomic E-state index is 0.521. The van der Waals surface area contributed by atoms with E-state index in [1.165, 1.54) is 0 Å². The maximum absolute atomic E-state index is 5.72. The van der Waals surface area contributed by atoms with Gasteiger partial charge in [-0.2, -0.15) is 16.7 Å². The molecule has 1 heterocycles. The first kappa shape index (κ1) is 14.7. The number of rotatable bonds is 6. The molecule has 0 bridgehead atoms. The molecular formula is C15H19N3OS. The molecule has 106 valence electrons. The molecule has 4 nitrogen and oxygen atoms in total. The van der Waals surface area contributed by atoms with Crippen LogP contribution in [0.2, 0.25) is 0 Å². The summed E-state index contributed by atoms with van der Waals surface area (Å²) in [5.74, 6) is 3.82. The maximum Gasteiger partial charge on any atom is 0.250 e. The Labute approximate surface area is 123 Å². The lowest BCUT2D eigenvalue weighted by Crippen LogP contribution is -1.92. The van der Waals surface area contributed by atoms with Gasteiger partial charge < -0.3 is 10.3 Å². The van der Waals surface area contributed by atoms with Crippen molar-refractivity contribution in [3.05, 3.63) is 41.5 Å². The van der Waals surface area contributed by atoms with E-state index in [0.717, 1.165) is 28.6 Å². The van der Waals surface area contributed by atoms with E-state index in [2.05, 4.69) is 24.0 Å². The molecule has 0 aliphatic rings. The highest BCUT2D eigenvalue weighted by Gasteiger charge is 2.04. The molecule has 1 aromatic carbocycles. The third kappa shape index (κ3) is 4.74. The quantitative estimate of drug-likeness (QED) is 0.821.